The van der Waals surface area contributed by atoms with E-state index >= 15 is 0 Å². The fourth-order valence-corrected chi connectivity index (χ4v) is 3.54. The lowest BCUT2D eigenvalue weighted by molar-refractivity contribution is -0.124. The van der Waals surface area contributed by atoms with E-state index in [2.05, 4.69) is 5.32 Å². The van der Waals surface area contributed by atoms with Crippen molar-refractivity contribution >= 4 is 17.5 Å². The van der Waals surface area contributed by atoms with Crippen LogP contribution in [0.1, 0.15) is 28.8 Å². The Labute approximate surface area is 164 Å². The molecule has 2 amide bonds. The molecule has 2 aliphatic rings. The maximum absolute atomic E-state index is 12.9. The van der Waals surface area contributed by atoms with Crippen molar-refractivity contribution in [2.24, 2.45) is 0 Å². The van der Waals surface area contributed by atoms with Gasteiger partial charge in [-0.3, -0.25) is 9.59 Å². The Morgan fingerprint density at radius 1 is 1.11 bits per heavy atom. The van der Waals surface area contributed by atoms with Crippen molar-refractivity contribution in [2.45, 2.75) is 32.0 Å². The number of likely N-dealkylation sites (tertiary alicyclic amines) is 1. The van der Waals surface area contributed by atoms with Gasteiger partial charge in [0.05, 0.1) is 13.1 Å². The Hall–Kier alpha value is -2.86. The van der Waals surface area contributed by atoms with Crippen molar-refractivity contribution in [3.8, 4) is 5.75 Å². The Balaban J connectivity index is 1.38. The van der Waals surface area contributed by atoms with Gasteiger partial charge in [-0.2, -0.15) is 0 Å². The first-order valence-electron chi connectivity index (χ1n) is 9.65. The summed E-state index contributed by atoms with van der Waals surface area (Å²) in [5.74, 6) is 0.624. The van der Waals surface area contributed by atoms with Crippen LogP contribution in [0.4, 0.5) is 5.69 Å². The first-order chi connectivity index (χ1) is 13.6. The summed E-state index contributed by atoms with van der Waals surface area (Å²) >= 11 is 0. The number of anilines is 1. The Morgan fingerprint density at radius 2 is 1.89 bits per heavy atom. The molecular weight excluding hydrogens is 356 g/mol. The van der Waals surface area contributed by atoms with Crippen molar-refractivity contribution in [2.75, 3.05) is 25.0 Å². The van der Waals surface area contributed by atoms with Gasteiger partial charge >= 0.3 is 0 Å². The van der Waals surface area contributed by atoms with Crippen LogP contribution in [0.25, 0.3) is 0 Å². The number of nitrogens with zero attached hydrogens (tertiary/aromatic N) is 1. The number of carbonyl (C=O) groups excluding carboxylic acids is 2. The molecule has 0 saturated carbocycles. The van der Waals surface area contributed by atoms with Crippen LogP contribution in [0.15, 0.2) is 48.5 Å². The fourth-order valence-electron chi connectivity index (χ4n) is 3.54. The zero-order valence-corrected chi connectivity index (χ0v) is 15.9. The molecule has 4 rings (SSSR count). The minimum Gasteiger partial charge on any atom is -0.487 e. The van der Waals surface area contributed by atoms with Crippen LogP contribution < -0.4 is 10.1 Å². The van der Waals surface area contributed by atoms with Crippen molar-refractivity contribution in [1.82, 2.24) is 4.90 Å². The quantitative estimate of drug-likeness (QED) is 0.866. The van der Waals surface area contributed by atoms with Gasteiger partial charge in [-0.15, -0.1) is 0 Å². The SMILES string of the molecule is Cc1c(NC(=O)[C@H]2CCCO2)cccc1C(=O)N1CC(Oc2ccccc2)C1. The van der Waals surface area contributed by atoms with Gasteiger partial charge < -0.3 is 19.7 Å². The van der Waals surface area contributed by atoms with Crippen LogP contribution in [0.5, 0.6) is 5.75 Å². The van der Waals surface area contributed by atoms with Crippen LogP contribution in [0.3, 0.4) is 0 Å². The van der Waals surface area contributed by atoms with E-state index in [1.807, 2.05) is 43.3 Å². The number of para-hydroxylation sites is 1. The average molecular weight is 380 g/mol. The van der Waals surface area contributed by atoms with Crippen molar-refractivity contribution in [3.63, 3.8) is 0 Å². The number of hydrogen-bond donors (Lipinski definition) is 1. The molecule has 0 radical (unpaired) electrons. The molecule has 2 aromatic rings. The number of nitrogens with one attached hydrogen (secondary N) is 1. The molecule has 6 nitrogen and oxygen atoms in total. The van der Waals surface area contributed by atoms with E-state index in [1.54, 1.807) is 17.0 Å². The summed E-state index contributed by atoms with van der Waals surface area (Å²) in [4.78, 5) is 27.0. The lowest BCUT2D eigenvalue weighted by Crippen LogP contribution is -2.56. The summed E-state index contributed by atoms with van der Waals surface area (Å²) in [5, 5.41) is 2.90. The van der Waals surface area contributed by atoms with E-state index in [9.17, 15) is 9.59 Å². The number of amides is 2. The molecule has 1 atom stereocenters. The number of carbonyl (C=O) groups is 2. The fraction of sp³-hybridized carbons (Fsp3) is 0.364. The molecule has 0 bridgehead atoms. The Morgan fingerprint density at radius 3 is 2.61 bits per heavy atom. The van der Waals surface area contributed by atoms with Crippen molar-refractivity contribution < 1.29 is 19.1 Å². The highest BCUT2D eigenvalue weighted by Gasteiger charge is 2.33. The Kier molecular flexibility index (Phi) is 5.30. The lowest BCUT2D eigenvalue weighted by atomic mass is 10.0. The summed E-state index contributed by atoms with van der Waals surface area (Å²) in [7, 11) is 0. The molecule has 1 N–H and O–H groups in total. The summed E-state index contributed by atoms with van der Waals surface area (Å²) in [6.07, 6.45) is 1.25. The van der Waals surface area contributed by atoms with E-state index < -0.39 is 6.10 Å². The predicted octanol–water partition coefficient (Wildman–Crippen LogP) is 3.02. The molecule has 146 valence electrons. The van der Waals surface area contributed by atoms with Crippen LogP contribution in [0.2, 0.25) is 0 Å². The summed E-state index contributed by atoms with van der Waals surface area (Å²) in [6.45, 7) is 3.59. The summed E-state index contributed by atoms with van der Waals surface area (Å²) in [6, 6.07) is 15.0. The number of benzene rings is 2. The van der Waals surface area contributed by atoms with E-state index in [1.165, 1.54) is 0 Å². The zero-order chi connectivity index (χ0) is 19.5. The molecule has 6 heteroatoms. The third-order valence-electron chi connectivity index (χ3n) is 5.23. The molecular formula is C22H24N2O4. The number of hydrogen-bond acceptors (Lipinski definition) is 4. The van der Waals surface area contributed by atoms with Gasteiger partial charge in [-0.25, -0.2) is 0 Å². The number of rotatable bonds is 5. The van der Waals surface area contributed by atoms with E-state index in [0.717, 1.165) is 24.2 Å². The highest BCUT2D eigenvalue weighted by Crippen LogP contribution is 2.25. The van der Waals surface area contributed by atoms with E-state index in [-0.39, 0.29) is 17.9 Å². The minimum absolute atomic E-state index is 0.00839. The van der Waals surface area contributed by atoms with Crippen LogP contribution >= 0.6 is 0 Å². The molecule has 2 aliphatic heterocycles. The normalized spacial score (nSPS) is 19.2. The second-order valence-corrected chi connectivity index (χ2v) is 7.23. The van der Waals surface area contributed by atoms with Gasteiger partial charge in [0, 0.05) is 17.9 Å². The molecule has 0 aliphatic carbocycles. The highest BCUT2D eigenvalue weighted by atomic mass is 16.5. The second-order valence-electron chi connectivity index (χ2n) is 7.23. The monoisotopic (exact) mass is 380 g/mol. The molecule has 2 heterocycles. The van der Waals surface area contributed by atoms with Gasteiger partial charge in [-0.05, 0) is 49.6 Å². The molecule has 2 aromatic carbocycles. The standard InChI is InChI=1S/C22H24N2O4/c1-15-18(9-5-10-19(15)23-21(25)20-11-6-12-27-20)22(26)24-13-17(14-24)28-16-7-3-2-4-8-16/h2-5,7-10,17,20H,6,11-14H2,1H3,(H,23,25)/t20-/m1/s1. The van der Waals surface area contributed by atoms with E-state index in [4.69, 9.17) is 9.47 Å². The summed E-state index contributed by atoms with van der Waals surface area (Å²) in [5.41, 5.74) is 2.03. The van der Waals surface area contributed by atoms with Gasteiger partial charge in [-0.1, -0.05) is 24.3 Å². The summed E-state index contributed by atoms with van der Waals surface area (Å²) < 4.78 is 11.3. The molecule has 28 heavy (non-hydrogen) atoms. The molecule has 2 fully saturated rings. The van der Waals surface area contributed by atoms with Gasteiger partial charge in [0.25, 0.3) is 11.8 Å². The molecule has 0 aromatic heterocycles. The van der Waals surface area contributed by atoms with Gasteiger partial charge in [0.15, 0.2) is 0 Å². The minimum atomic E-state index is -0.398. The van der Waals surface area contributed by atoms with Gasteiger partial charge in [0.1, 0.15) is 18.0 Å². The zero-order valence-electron chi connectivity index (χ0n) is 15.9. The Bertz CT molecular complexity index is 856. The molecule has 2 saturated heterocycles. The van der Waals surface area contributed by atoms with Gasteiger partial charge in [0.2, 0.25) is 0 Å². The highest BCUT2D eigenvalue weighted by molar-refractivity contribution is 6.00. The predicted molar refractivity (Wildman–Crippen MR) is 106 cm³/mol. The molecule has 0 spiro atoms. The first kappa shape index (κ1) is 18.5. The second kappa shape index (κ2) is 8.02. The van der Waals surface area contributed by atoms with E-state index in [0.29, 0.717) is 30.9 Å². The largest absolute Gasteiger partial charge is 0.487 e. The number of ether oxygens (including phenoxy) is 2. The van der Waals surface area contributed by atoms with Crippen LogP contribution in [0, 0.1) is 6.92 Å². The molecule has 0 unspecified atom stereocenters. The smallest absolute Gasteiger partial charge is 0.254 e. The van der Waals surface area contributed by atoms with Crippen LogP contribution in [-0.4, -0.2) is 48.6 Å². The average Bonchev–Trinajstić information content (AvgIpc) is 3.21. The third-order valence-corrected chi connectivity index (χ3v) is 5.23. The van der Waals surface area contributed by atoms with Crippen molar-refractivity contribution in [3.05, 3.63) is 59.7 Å². The van der Waals surface area contributed by atoms with Crippen LogP contribution in [-0.2, 0) is 9.53 Å². The maximum atomic E-state index is 12.9. The van der Waals surface area contributed by atoms with Crippen molar-refractivity contribution in [1.29, 1.82) is 0 Å². The topological polar surface area (TPSA) is 67.9 Å². The maximum Gasteiger partial charge on any atom is 0.254 e. The first-order valence-corrected chi connectivity index (χ1v) is 9.65. The third kappa shape index (κ3) is 3.87. The lowest BCUT2D eigenvalue weighted by Gasteiger charge is -2.39.